The summed E-state index contributed by atoms with van der Waals surface area (Å²) in [5.74, 6) is 3.08. The van der Waals surface area contributed by atoms with Crippen molar-refractivity contribution in [3.8, 4) is 17.1 Å². The van der Waals surface area contributed by atoms with Gasteiger partial charge < -0.3 is 9.47 Å². The van der Waals surface area contributed by atoms with E-state index >= 15 is 0 Å². The molecule has 26 heavy (non-hydrogen) atoms. The van der Waals surface area contributed by atoms with Crippen LogP contribution in [-0.4, -0.2) is 34.4 Å². The lowest BCUT2D eigenvalue weighted by Crippen LogP contribution is -2.37. The molecule has 6 heteroatoms. The van der Waals surface area contributed by atoms with Crippen molar-refractivity contribution < 1.29 is 14.3 Å². The molecular formula is C20H27N3O3. The van der Waals surface area contributed by atoms with Crippen LogP contribution in [0.1, 0.15) is 39.4 Å². The van der Waals surface area contributed by atoms with Gasteiger partial charge in [0.15, 0.2) is 5.82 Å². The number of rotatable bonds is 5. The topological polar surface area (TPSA) is 77.1 Å². The smallest absolute Gasteiger partial charge is 0.313 e. The van der Waals surface area contributed by atoms with E-state index in [0.717, 1.165) is 24.2 Å². The van der Waals surface area contributed by atoms with Gasteiger partial charge in [0.1, 0.15) is 24.1 Å². The van der Waals surface area contributed by atoms with Crippen LogP contribution in [0.2, 0.25) is 0 Å². The molecule has 0 saturated heterocycles. The van der Waals surface area contributed by atoms with Crippen molar-refractivity contribution in [1.82, 2.24) is 15.2 Å². The third-order valence-corrected chi connectivity index (χ3v) is 5.13. The molecule has 3 rings (SSSR count). The largest absolute Gasteiger partial charge is 0.497 e. The number of hydrogen-bond donors (Lipinski definition) is 1. The summed E-state index contributed by atoms with van der Waals surface area (Å²) in [5.41, 5.74) is 0.866. The molecule has 0 aliphatic heterocycles. The molecule has 1 aliphatic rings. The molecule has 140 valence electrons. The number of hydrogen-bond acceptors (Lipinski definition) is 5. The zero-order chi connectivity index (χ0) is 18.7. The number of benzene rings is 1. The Labute approximate surface area is 154 Å². The van der Waals surface area contributed by atoms with Gasteiger partial charge >= 0.3 is 5.97 Å². The summed E-state index contributed by atoms with van der Waals surface area (Å²) in [6.45, 7) is 6.60. The molecule has 2 aromatic rings. The number of nitrogens with zero attached hydrogens (tertiary/aromatic N) is 2. The Kier molecular flexibility index (Phi) is 5.59. The molecule has 1 aromatic heterocycles. The summed E-state index contributed by atoms with van der Waals surface area (Å²) in [4.78, 5) is 16.8. The Morgan fingerprint density at radius 2 is 1.81 bits per heavy atom. The first kappa shape index (κ1) is 18.4. The fraction of sp³-hybridized carbons (Fsp3) is 0.550. The highest BCUT2D eigenvalue weighted by Crippen LogP contribution is 2.35. The minimum Gasteiger partial charge on any atom is -0.497 e. The lowest BCUT2D eigenvalue weighted by atomic mass is 9.75. The first-order valence-electron chi connectivity index (χ1n) is 9.21. The Hall–Kier alpha value is -2.37. The van der Waals surface area contributed by atoms with Gasteiger partial charge in [0.2, 0.25) is 0 Å². The van der Waals surface area contributed by atoms with Crippen LogP contribution in [0, 0.1) is 17.8 Å². The van der Waals surface area contributed by atoms with Gasteiger partial charge in [-0.05, 0) is 54.9 Å². The van der Waals surface area contributed by atoms with Gasteiger partial charge in [0.05, 0.1) is 7.11 Å². The Balaban J connectivity index is 1.60. The maximum absolute atomic E-state index is 12.4. The van der Waals surface area contributed by atoms with Crippen LogP contribution >= 0.6 is 0 Å². The first-order valence-corrected chi connectivity index (χ1v) is 9.21. The van der Waals surface area contributed by atoms with Crippen molar-refractivity contribution in [2.45, 2.75) is 46.1 Å². The zero-order valence-electron chi connectivity index (χ0n) is 15.9. The number of carbonyl (C=O) groups is 1. The van der Waals surface area contributed by atoms with Crippen LogP contribution in [0.3, 0.4) is 0 Å². The molecule has 0 bridgehead atoms. The van der Waals surface area contributed by atoms with Crippen molar-refractivity contribution >= 4 is 5.97 Å². The number of aromatic nitrogens is 3. The van der Waals surface area contributed by atoms with E-state index in [1.165, 1.54) is 0 Å². The zero-order valence-corrected chi connectivity index (χ0v) is 15.9. The van der Waals surface area contributed by atoms with Crippen molar-refractivity contribution in [2.75, 3.05) is 7.11 Å². The minimum atomic E-state index is -0.249. The van der Waals surface area contributed by atoms with E-state index in [9.17, 15) is 4.79 Å². The molecule has 2 unspecified atom stereocenters. The Bertz CT molecular complexity index is 729. The third-order valence-electron chi connectivity index (χ3n) is 5.13. The molecule has 1 saturated carbocycles. The van der Waals surface area contributed by atoms with E-state index in [1.807, 2.05) is 24.3 Å². The molecule has 1 fully saturated rings. The SMILES string of the molecule is COc1ccc(-c2n[nH]c(CC(=O)OC3C(C)CC(C)CC3C)n2)cc1. The molecule has 0 spiro atoms. The monoisotopic (exact) mass is 357 g/mol. The first-order chi connectivity index (χ1) is 12.5. The molecule has 1 heterocycles. The molecule has 1 N–H and O–H groups in total. The summed E-state index contributed by atoms with van der Waals surface area (Å²) in [6, 6.07) is 7.48. The van der Waals surface area contributed by atoms with Crippen LogP contribution < -0.4 is 4.74 Å². The number of methoxy groups -OCH3 is 1. The van der Waals surface area contributed by atoms with Crippen molar-refractivity contribution in [3.63, 3.8) is 0 Å². The van der Waals surface area contributed by atoms with Gasteiger partial charge in [0.25, 0.3) is 0 Å². The van der Waals surface area contributed by atoms with Crippen LogP contribution in [0.15, 0.2) is 24.3 Å². The average molecular weight is 357 g/mol. The molecule has 0 amide bonds. The van der Waals surface area contributed by atoms with Gasteiger partial charge in [-0.3, -0.25) is 9.89 Å². The molecule has 1 aromatic carbocycles. The Morgan fingerprint density at radius 3 is 2.42 bits per heavy atom. The van der Waals surface area contributed by atoms with Crippen LogP contribution in [0.5, 0.6) is 5.75 Å². The van der Waals surface area contributed by atoms with Gasteiger partial charge in [-0.25, -0.2) is 4.98 Å². The summed E-state index contributed by atoms with van der Waals surface area (Å²) in [5, 5.41) is 7.03. The van der Waals surface area contributed by atoms with E-state index in [1.54, 1.807) is 7.11 Å². The summed E-state index contributed by atoms with van der Waals surface area (Å²) >= 11 is 0. The molecule has 0 radical (unpaired) electrons. The van der Waals surface area contributed by atoms with E-state index in [-0.39, 0.29) is 18.5 Å². The van der Waals surface area contributed by atoms with Gasteiger partial charge in [-0.2, -0.15) is 5.10 Å². The van der Waals surface area contributed by atoms with Gasteiger partial charge in [-0.1, -0.05) is 20.8 Å². The maximum Gasteiger partial charge on any atom is 0.313 e. The van der Waals surface area contributed by atoms with E-state index in [0.29, 0.717) is 29.4 Å². The number of nitrogens with one attached hydrogen (secondary N) is 1. The minimum absolute atomic E-state index is 0.0114. The van der Waals surface area contributed by atoms with Crippen molar-refractivity contribution in [3.05, 3.63) is 30.1 Å². The Morgan fingerprint density at radius 1 is 1.15 bits per heavy atom. The van der Waals surface area contributed by atoms with Crippen LogP contribution in [0.4, 0.5) is 0 Å². The lowest BCUT2D eigenvalue weighted by molar-refractivity contribution is -0.157. The second-order valence-corrected chi connectivity index (χ2v) is 7.50. The van der Waals surface area contributed by atoms with Gasteiger partial charge in [0, 0.05) is 5.56 Å². The second kappa shape index (κ2) is 7.89. The number of ether oxygens (including phenoxy) is 2. The van der Waals surface area contributed by atoms with E-state index < -0.39 is 0 Å². The van der Waals surface area contributed by atoms with E-state index in [4.69, 9.17) is 9.47 Å². The highest BCUT2D eigenvalue weighted by Gasteiger charge is 2.34. The van der Waals surface area contributed by atoms with Gasteiger partial charge in [-0.15, -0.1) is 0 Å². The lowest BCUT2D eigenvalue weighted by Gasteiger charge is -2.37. The standard InChI is InChI=1S/C20H27N3O3/c1-12-9-13(2)19(14(3)10-12)26-18(24)11-17-21-20(23-22-17)15-5-7-16(25-4)8-6-15/h5-8,12-14,19H,9-11H2,1-4H3,(H,21,22,23). The molecular weight excluding hydrogens is 330 g/mol. The van der Waals surface area contributed by atoms with Crippen molar-refractivity contribution in [1.29, 1.82) is 0 Å². The average Bonchev–Trinajstić information content (AvgIpc) is 3.06. The quantitative estimate of drug-likeness (QED) is 0.827. The number of carbonyl (C=O) groups excluding carboxylic acids is 1. The van der Waals surface area contributed by atoms with Crippen LogP contribution in [-0.2, 0) is 16.0 Å². The van der Waals surface area contributed by atoms with E-state index in [2.05, 4.69) is 36.0 Å². The predicted octanol–water partition coefficient (Wildman–Crippen LogP) is 3.64. The summed E-state index contributed by atoms with van der Waals surface area (Å²) in [6.07, 6.45) is 2.30. The summed E-state index contributed by atoms with van der Waals surface area (Å²) in [7, 11) is 1.63. The molecule has 1 aliphatic carbocycles. The number of H-pyrrole nitrogens is 1. The number of aromatic amines is 1. The number of esters is 1. The fourth-order valence-corrected chi connectivity index (χ4v) is 4.00. The predicted molar refractivity (Wildman–Crippen MR) is 98.7 cm³/mol. The maximum atomic E-state index is 12.4. The molecule has 2 atom stereocenters. The highest BCUT2D eigenvalue weighted by molar-refractivity contribution is 5.72. The third kappa shape index (κ3) is 4.23. The summed E-state index contributed by atoms with van der Waals surface area (Å²) < 4.78 is 10.9. The fourth-order valence-electron chi connectivity index (χ4n) is 4.00. The second-order valence-electron chi connectivity index (χ2n) is 7.50. The highest BCUT2D eigenvalue weighted by atomic mass is 16.5. The van der Waals surface area contributed by atoms with Crippen molar-refractivity contribution in [2.24, 2.45) is 17.8 Å². The molecule has 6 nitrogen and oxygen atoms in total. The van der Waals surface area contributed by atoms with Crippen LogP contribution in [0.25, 0.3) is 11.4 Å². The normalized spacial score (nSPS) is 25.7.